The Morgan fingerprint density at radius 1 is 1.33 bits per heavy atom. The minimum atomic E-state index is -1.73. The van der Waals surface area contributed by atoms with Crippen molar-refractivity contribution in [1.82, 2.24) is 0 Å². The normalized spacial score (nSPS) is 29.3. The van der Waals surface area contributed by atoms with E-state index in [0.717, 1.165) is 12.3 Å². The summed E-state index contributed by atoms with van der Waals surface area (Å²) in [5, 5.41) is 1.19. The van der Waals surface area contributed by atoms with Crippen LogP contribution >= 0.6 is 16.6 Å². The van der Waals surface area contributed by atoms with Crippen molar-refractivity contribution in [3.8, 4) is 0 Å². The van der Waals surface area contributed by atoms with Gasteiger partial charge in [0.1, 0.15) is 9.12 Å². The summed E-state index contributed by atoms with van der Waals surface area (Å²) in [5.41, 5.74) is 0. The van der Waals surface area contributed by atoms with Gasteiger partial charge in [-0.25, -0.2) is 0 Å². The van der Waals surface area contributed by atoms with Gasteiger partial charge in [0.2, 0.25) is 0 Å². The van der Waals surface area contributed by atoms with Crippen molar-refractivity contribution in [2.24, 2.45) is 5.92 Å². The molecule has 2 unspecified atom stereocenters. The Labute approximate surface area is 93.8 Å². The molecule has 1 fully saturated rings. The number of rotatable bonds is 1. The minimum Gasteiger partial charge on any atom is -0.375 e. The van der Waals surface area contributed by atoms with Crippen molar-refractivity contribution in [2.45, 2.75) is 13.3 Å². The average molecular weight is 243 g/mol. The topological polar surface area (TPSA) is 37.3 Å². The fraction of sp³-hybridized carbons (Fsp3) is 0.455. The molecule has 1 aliphatic rings. The van der Waals surface area contributed by atoms with Gasteiger partial charge in [0, 0.05) is 7.49 Å². The van der Waals surface area contributed by atoms with Crippen LogP contribution in [0.2, 0.25) is 0 Å². The maximum Gasteiger partial charge on any atom is 0.138 e. The van der Waals surface area contributed by atoms with Gasteiger partial charge in [-0.2, -0.15) is 0 Å². The van der Waals surface area contributed by atoms with Crippen molar-refractivity contribution in [3.63, 3.8) is 0 Å². The molecular formula is C11H17O2P2. The Morgan fingerprint density at radius 3 is 2.40 bits per heavy atom. The van der Waals surface area contributed by atoms with Crippen molar-refractivity contribution in [2.75, 3.05) is 12.3 Å². The van der Waals surface area contributed by atoms with E-state index in [1.54, 1.807) is 9.12 Å². The van der Waals surface area contributed by atoms with Crippen LogP contribution < -0.4 is 5.30 Å². The molecule has 0 saturated carbocycles. The van der Waals surface area contributed by atoms with Crippen LogP contribution in [0, 0.1) is 5.92 Å². The van der Waals surface area contributed by atoms with Crippen LogP contribution in [0.1, 0.15) is 13.3 Å². The lowest BCUT2D eigenvalue weighted by molar-refractivity contribution is 0.607. The maximum atomic E-state index is 10.4. The van der Waals surface area contributed by atoms with E-state index in [4.69, 9.17) is 4.57 Å². The largest absolute Gasteiger partial charge is 0.375 e. The third-order valence-electron chi connectivity index (χ3n) is 2.84. The predicted octanol–water partition coefficient (Wildman–Crippen LogP) is 2.75. The van der Waals surface area contributed by atoms with E-state index >= 15 is 0 Å². The summed E-state index contributed by atoms with van der Waals surface area (Å²) in [5.74, 6) is 0.707. The quantitative estimate of drug-likeness (QED) is 0.770. The first-order chi connectivity index (χ1) is 7.21. The van der Waals surface area contributed by atoms with Crippen molar-refractivity contribution in [1.29, 1.82) is 0 Å². The molecule has 0 spiro atoms. The van der Waals surface area contributed by atoms with E-state index in [1.165, 1.54) is 11.7 Å². The van der Waals surface area contributed by atoms with E-state index in [-0.39, 0.29) is 0 Å². The van der Waals surface area contributed by atoms with E-state index in [9.17, 15) is 4.89 Å². The zero-order valence-electron chi connectivity index (χ0n) is 8.89. The number of hydrogen-bond acceptors (Lipinski definition) is 2. The van der Waals surface area contributed by atoms with Crippen LogP contribution in [0.3, 0.4) is 0 Å². The molecule has 2 nitrogen and oxygen atoms in total. The van der Waals surface area contributed by atoms with E-state index < -0.39 is 7.49 Å². The lowest BCUT2D eigenvalue weighted by atomic mass is 10.2. The van der Waals surface area contributed by atoms with Crippen molar-refractivity contribution < 1.29 is 9.46 Å². The summed E-state index contributed by atoms with van der Waals surface area (Å²) in [6.45, 7) is 2.24. The molecular weight excluding hydrogens is 226 g/mol. The van der Waals surface area contributed by atoms with Crippen LogP contribution in [0.25, 0.3) is 0 Å². The summed E-state index contributed by atoms with van der Waals surface area (Å²) in [6.07, 6.45) is 3.24. The molecule has 0 aliphatic carbocycles. The summed E-state index contributed by atoms with van der Waals surface area (Å²) in [7, 11) is -0.00630. The van der Waals surface area contributed by atoms with Crippen LogP contribution in [0.4, 0.5) is 0 Å². The maximum absolute atomic E-state index is 10.4. The Balaban J connectivity index is 0.000000531. The lowest BCUT2D eigenvalue weighted by Crippen LogP contribution is -2.12. The highest BCUT2D eigenvalue weighted by molar-refractivity contribution is 7.78. The molecule has 1 heterocycles. The Hall–Kier alpha value is -0.290. The molecule has 2 atom stereocenters. The average Bonchev–Trinajstić information content (AvgIpc) is 2.64. The minimum absolute atomic E-state index is 0.707. The number of benzene rings is 1. The molecule has 1 aromatic carbocycles. The third-order valence-corrected chi connectivity index (χ3v) is 6.33. The smallest absolute Gasteiger partial charge is 0.138 e. The summed E-state index contributed by atoms with van der Waals surface area (Å²) >= 11 is 0. The Morgan fingerprint density at radius 2 is 1.93 bits per heavy atom. The summed E-state index contributed by atoms with van der Waals surface area (Å²) in [6, 6.07) is 10.2. The SMILES string of the molecule is CC1CC[P](O)(c2ccccc2)C1.O=P. The monoisotopic (exact) mass is 243 g/mol. The summed E-state index contributed by atoms with van der Waals surface area (Å²) in [4.78, 5) is 10.4. The molecule has 15 heavy (non-hydrogen) atoms. The molecule has 83 valence electrons. The van der Waals surface area contributed by atoms with E-state index in [1.807, 2.05) is 18.2 Å². The second-order valence-electron chi connectivity index (χ2n) is 4.06. The van der Waals surface area contributed by atoms with Crippen LogP contribution in [0.5, 0.6) is 0 Å². The van der Waals surface area contributed by atoms with Crippen molar-refractivity contribution in [3.05, 3.63) is 30.3 Å². The highest BCUT2D eigenvalue weighted by Gasteiger charge is 2.34. The Kier molecular flexibility index (Phi) is 4.86. The fourth-order valence-corrected chi connectivity index (χ4v) is 5.53. The van der Waals surface area contributed by atoms with Gasteiger partial charge in [-0.1, -0.05) is 37.3 Å². The highest BCUT2D eigenvalue weighted by atomic mass is 31.2. The zero-order chi connectivity index (χ0) is 11.3. The second-order valence-corrected chi connectivity index (χ2v) is 7.23. The molecule has 1 radical (unpaired) electrons. The first-order valence-electron chi connectivity index (χ1n) is 5.06. The molecule has 1 aliphatic heterocycles. The second kappa shape index (κ2) is 5.70. The van der Waals surface area contributed by atoms with Crippen LogP contribution in [-0.2, 0) is 4.57 Å². The molecule has 4 heteroatoms. The van der Waals surface area contributed by atoms with Gasteiger partial charge in [-0.05, 0) is 30.0 Å². The highest BCUT2D eigenvalue weighted by Crippen LogP contribution is 2.60. The zero-order valence-corrected chi connectivity index (χ0v) is 10.8. The lowest BCUT2D eigenvalue weighted by Gasteiger charge is -2.25. The standard InChI is InChI=1S/C11H16OP.HOP/c1-10-7-8-13(12,9-10)11-5-3-2-4-6-11;1-2/h2-6,10,12H,7-9H2,1H3;2H. The molecule has 1 N–H and O–H groups in total. The van der Waals surface area contributed by atoms with Gasteiger partial charge in [0.15, 0.2) is 0 Å². The molecule has 0 amide bonds. The fourth-order valence-electron chi connectivity index (χ4n) is 2.07. The third kappa shape index (κ3) is 3.08. The molecule has 1 saturated heterocycles. The van der Waals surface area contributed by atoms with E-state index in [2.05, 4.69) is 19.1 Å². The molecule has 0 aromatic heterocycles. The van der Waals surface area contributed by atoms with Gasteiger partial charge >= 0.3 is 0 Å². The first-order valence-corrected chi connectivity index (χ1v) is 7.59. The van der Waals surface area contributed by atoms with Gasteiger partial charge in [0.25, 0.3) is 0 Å². The molecule has 1 aromatic rings. The van der Waals surface area contributed by atoms with Crippen molar-refractivity contribution >= 4 is 21.9 Å². The molecule has 2 rings (SSSR count). The van der Waals surface area contributed by atoms with Gasteiger partial charge in [-0.3, -0.25) is 4.57 Å². The summed E-state index contributed by atoms with van der Waals surface area (Å²) < 4.78 is 8.06. The van der Waals surface area contributed by atoms with Gasteiger partial charge in [-0.15, -0.1) is 0 Å². The van der Waals surface area contributed by atoms with Gasteiger partial charge in [0.05, 0.1) is 0 Å². The molecule has 0 bridgehead atoms. The first kappa shape index (κ1) is 12.8. The van der Waals surface area contributed by atoms with Gasteiger partial charge < -0.3 is 4.89 Å². The number of hydrogen-bond donors (Lipinski definition) is 1. The van der Waals surface area contributed by atoms with Crippen LogP contribution in [-0.4, -0.2) is 17.2 Å². The van der Waals surface area contributed by atoms with Crippen LogP contribution in [0.15, 0.2) is 30.3 Å². The predicted molar refractivity (Wildman–Crippen MR) is 67.7 cm³/mol. The Bertz CT molecular complexity index is 305. The van der Waals surface area contributed by atoms with E-state index in [0.29, 0.717) is 5.92 Å².